The van der Waals surface area contributed by atoms with Crippen LogP contribution >= 0.6 is 0 Å². The summed E-state index contributed by atoms with van der Waals surface area (Å²) in [5, 5.41) is 1.22. The second-order valence-corrected chi connectivity index (χ2v) is 5.04. The van der Waals surface area contributed by atoms with Crippen LogP contribution in [0.3, 0.4) is 0 Å². The van der Waals surface area contributed by atoms with E-state index in [9.17, 15) is 0 Å². The van der Waals surface area contributed by atoms with Crippen LogP contribution < -0.4 is 0 Å². The maximum atomic E-state index is 4.53. The van der Waals surface area contributed by atoms with E-state index in [1.807, 2.05) is 12.5 Å². The van der Waals surface area contributed by atoms with Gasteiger partial charge in [0.05, 0.1) is 11.0 Å². The van der Waals surface area contributed by atoms with E-state index in [1.54, 1.807) is 0 Å². The summed E-state index contributed by atoms with van der Waals surface area (Å²) in [4.78, 5) is 7.75. The van der Waals surface area contributed by atoms with Crippen LogP contribution in [0, 0.1) is 0 Å². The maximum Gasteiger partial charge on any atom is 0.100 e. The van der Waals surface area contributed by atoms with Crippen molar-refractivity contribution in [1.82, 2.24) is 14.5 Å². The summed E-state index contributed by atoms with van der Waals surface area (Å²) in [5.74, 6) is 0. The van der Waals surface area contributed by atoms with E-state index in [-0.39, 0.29) is 0 Å². The summed E-state index contributed by atoms with van der Waals surface area (Å²) in [6, 6.07) is 15.0. The number of hydrogen-bond acceptors (Lipinski definition) is 1. The molecule has 2 heterocycles. The zero-order valence-electron chi connectivity index (χ0n) is 11.3. The number of H-pyrrole nitrogens is 1. The molecule has 2 aromatic heterocycles. The first-order valence-corrected chi connectivity index (χ1v) is 6.88. The quantitative estimate of drug-likeness (QED) is 0.580. The molecular weight excluding hydrogens is 246 g/mol. The summed E-state index contributed by atoms with van der Waals surface area (Å²) in [5.41, 5.74) is 5.83. The van der Waals surface area contributed by atoms with Gasteiger partial charge in [-0.25, -0.2) is 4.98 Å². The molecule has 1 N–H and O–H groups in total. The highest BCUT2D eigenvalue weighted by atomic mass is 15.0. The van der Waals surface area contributed by atoms with Gasteiger partial charge in [0.15, 0.2) is 0 Å². The normalized spacial score (nSPS) is 11.4. The molecule has 4 rings (SSSR count). The van der Waals surface area contributed by atoms with Crippen LogP contribution in [0.1, 0.15) is 12.5 Å². The van der Waals surface area contributed by atoms with Crippen LogP contribution in [0.2, 0.25) is 0 Å². The molecule has 0 aliphatic carbocycles. The van der Waals surface area contributed by atoms with Gasteiger partial charge in [-0.2, -0.15) is 0 Å². The molecule has 4 aromatic rings. The topological polar surface area (TPSA) is 33.6 Å². The van der Waals surface area contributed by atoms with E-state index >= 15 is 0 Å². The number of nitrogens with zero attached hydrogens (tertiary/aromatic N) is 2. The predicted octanol–water partition coefficient (Wildman–Crippen LogP) is 4.07. The fraction of sp³-hybridized carbons (Fsp3) is 0.118. The van der Waals surface area contributed by atoms with Gasteiger partial charge in [-0.1, -0.05) is 13.0 Å². The zero-order valence-corrected chi connectivity index (χ0v) is 11.3. The second-order valence-electron chi connectivity index (χ2n) is 5.04. The molecule has 0 saturated heterocycles. The Balaban J connectivity index is 1.92. The molecule has 2 aromatic carbocycles. The van der Waals surface area contributed by atoms with Gasteiger partial charge in [-0.15, -0.1) is 0 Å². The number of imidazole rings is 1. The smallest absolute Gasteiger partial charge is 0.100 e. The van der Waals surface area contributed by atoms with Gasteiger partial charge in [0.25, 0.3) is 0 Å². The van der Waals surface area contributed by atoms with Crippen LogP contribution in [0.4, 0.5) is 0 Å². The zero-order chi connectivity index (χ0) is 13.5. The molecule has 0 saturated carbocycles. The lowest BCUT2D eigenvalue weighted by molar-refractivity contribution is 1.09. The molecule has 0 fully saturated rings. The van der Waals surface area contributed by atoms with Crippen molar-refractivity contribution in [1.29, 1.82) is 0 Å². The first kappa shape index (κ1) is 11.3. The van der Waals surface area contributed by atoms with Crippen molar-refractivity contribution in [3.63, 3.8) is 0 Å². The summed E-state index contributed by atoms with van der Waals surface area (Å²) in [6.45, 7) is 2.16. The Morgan fingerprint density at radius 3 is 2.95 bits per heavy atom. The molecule has 0 radical (unpaired) electrons. The molecule has 0 atom stereocenters. The summed E-state index contributed by atoms with van der Waals surface area (Å²) >= 11 is 0. The third-order valence-electron chi connectivity index (χ3n) is 3.83. The van der Waals surface area contributed by atoms with Crippen molar-refractivity contribution in [3.05, 3.63) is 60.6 Å². The molecule has 0 unspecified atom stereocenters. The van der Waals surface area contributed by atoms with E-state index in [2.05, 4.69) is 63.9 Å². The number of nitrogens with one attached hydrogen (secondary N) is 1. The maximum absolute atomic E-state index is 4.53. The number of aromatic nitrogens is 3. The van der Waals surface area contributed by atoms with Crippen molar-refractivity contribution in [3.8, 4) is 5.69 Å². The van der Waals surface area contributed by atoms with E-state index in [4.69, 9.17) is 0 Å². The van der Waals surface area contributed by atoms with E-state index in [1.165, 1.54) is 10.9 Å². The molecule has 98 valence electrons. The van der Waals surface area contributed by atoms with Gasteiger partial charge in [0.1, 0.15) is 6.33 Å². The standard InChI is InChI=1S/C17H15N3/c1-2-12-3-6-17-16(9-12)19-11-20(17)14-4-5-15-13(10-14)7-8-18-15/h3-11,18H,2H2,1H3. The molecule has 3 nitrogen and oxygen atoms in total. The molecule has 0 amide bonds. The van der Waals surface area contributed by atoms with Crippen molar-refractivity contribution in [2.24, 2.45) is 0 Å². The fourth-order valence-electron chi connectivity index (χ4n) is 2.67. The lowest BCUT2D eigenvalue weighted by atomic mass is 10.1. The minimum atomic E-state index is 1.04. The van der Waals surface area contributed by atoms with Gasteiger partial charge in [0, 0.05) is 22.8 Å². The highest BCUT2D eigenvalue weighted by Gasteiger charge is 2.06. The van der Waals surface area contributed by atoms with Gasteiger partial charge < -0.3 is 4.98 Å². The average molecular weight is 261 g/mol. The predicted molar refractivity (Wildman–Crippen MR) is 82.3 cm³/mol. The Labute approximate surface area is 116 Å². The Kier molecular flexibility index (Phi) is 2.39. The van der Waals surface area contributed by atoms with Crippen LogP contribution in [0.15, 0.2) is 55.0 Å². The molecule has 0 aliphatic rings. The first-order valence-electron chi connectivity index (χ1n) is 6.88. The van der Waals surface area contributed by atoms with Gasteiger partial charge >= 0.3 is 0 Å². The monoisotopic (exact) mass is 261 g/mol. The van der Waals surface area contributed by atoms with Gasteiger partial charge in [0.2, 0.25) is 0 Å². The molecule has 0 spiro atoms. The second kappa shape index (κ2) is 4.23. The average Bonchev–Trinajstić information content (AvgIpc) is 3.11. The van der Waals surface area contributed by atoms with Crippen LogP contribution in [0.25, 0.3) is 27.6 Å². The lowest BCUT2D eigenvalue weighted by Crippen LogP contribution is -1.91. The highest BCUT2D eigenvalue weighted by Crippen LogP contribution is 2.22. The number of hydrogen-bond donors (Lipinski definition) is 1. The van der Waals surface area contributed by atoms with Crippen molar-refractivity contribution in [2.45, 2.75) is 13.3 Å². The third kappa shape index (κ3) is 1.63. The lowest BCUT2D eigenvalue weighted by Gasteiger charge is -2.05. The number of fused-ring (bicyclic) bond motifs is 2. The fourth-order valence-corrected chi connectivity index (χ4v) is 2.67. The minimum Gasteiger partial charge on any atom is -0.361 e. The summed E-state index contributed by atoms with van der Waals surface area (Å²) < 4.78 is 2.14. The largest absolute Gasteiger partial charge is 0.361 e. The van der Waals surface area contributed by atoms with Crippen LogP contribution in [-0.2, 0) is 6.42 Å². The third-order valence-corrected chi connectivity index (χ3v) is 3.83. The minimum absolute atomic E-state index is 1.04. The van der Waals surface area contributed by atoms with Crippen LogP contribution in [0.5, 0.6) is 0 Å². The van der Waals surface area contributed by atoms with Gasteiger partial charge in [-0.3, -0.25) is 4.57 Å². The molecular formula is C17H15N3. The number of rotatable bonds is 2. The van der Waals surface area contributed by atoms with Crippen LogP contribution in [-0.4, -0.2) is 14.5 Å². The SMILES string of the molecule is CCc1ccc2c(c1)ncn2-c1ccc2[nH]ccc2c1. The Morgan fingerprint density at radius 1 is 1.10 bits per heavy atom. The van der Waals surface area contributed by atoms with Crippen molar-refractivity contribution >= 4 is 21.9 Å². The number of aryl methyl sites for hydroxylation is 1. The summed E-state index contributed by atoms with van der Waals surface area (Å²) in [6.07, 6.45) is 4.91. The number of aromatic amines is 1. The molecule has 0 bridgehead atoms. The van der Waals surface area contributed by atoms with E-state index in [0.29, 0.717) is 0 Å². The molecule has 0 aliphatic heterocycles. The van der Waals surface area contributed by atoms with E-state index in [0.717, 1.165) is 28.7 Å². The van der Waals surface area contributed by atoms with Crippen molar-refractivity contribution < 1.29 is 0 Å². The molecule has 20 heavy (non-hydrogen) atoms. The highest BCUT2D eigenvalue weighted by molar-refractivity contribution is 5.83. The summed E-state index contributed by atoms with van der Waals surface area (Å²) in [7, 11) is 0. The van der Waals surface area contributed by atoms with Crippen molar-refractivity contribution in [2.75, 3.05) is 0 Å². The number of benzene rings is 2. The Morgan fingerprint density at radius 2 is 2.05 bits per heavy atom. The van der Waals surface area contributed by atoms with E-state index < -0.39 is 0 Å². The Hall–Kier alpha value is -2.55. The van der Waals surface area contributed by atoms with Gasteiger partial charge in [-0.05, 0) is 48.4 Å². The Bertz CT molecular complexity index is 899. The first-order chi connectivity index (χ1) is 9.85. The molecule has 3 heteroatoms.